The van der Waals surface area contributed by atoms with Gasteiger partial charge in [-0.2, -0.15) is 51.3 Å². The lowest BCUT2D eigenvalue weighted by atomic mass is 10.1. The third-order valence-electron chi connectivity index (χ3n) is 12.8. The van der Waals surface area contributed by atoms with E-state index >= 15 is 0 Å². The van der Waals surface area contributed by atoms with Crippen LogP contribution in [-0.2, 0) is 58.7 Å². The third-order valence-corrected chi connectivity index (χ3v) is 16.6. The molecule has 4 aliphatic rings. The zero-order valence-corrected chi connectivity index (χ0v) is 59.2. The van der Waals surface area contributed by atoms with Crippen molar-refractivity contribution >= 4 is 133 Å². The summed E-state index contributed by atoms with van der Waals surface area (Å²) in [6, 6.07) is 18.2. The van der Waals surface area contributed by atoms with Crippen LogP contribution in [0.2, 0.25) is 0 Å². The molecule has 101 heavy (non-hydrogen) atoms. The van der Waals surface area contributed by atoms with Gasteiger partial charge in [-0.05, 0) is 90.1 Å². The summed E-state index contributed by atoms with van der Waals surface area (Å²) in [5.41, 5.74) is 19.1. The highest BCUT2D eigenvalue weighted by Gasteiger charge is 2.37. The van der Waals surface area contributed by atoms with Gasteiger partial charge < -0.3 is 53.0 Å². The molecule has 556 valence electrons. The lowest BCUT2D eigenvalue weighted by molar-refractivity contribution is -0.156. The van der Waals surface area contributed by atoms with E-state index in [4.69, 9.17) is 51.6 Å². The number of aromatic nitrogens is 4. The number of pyridine rings is 4. The highest BCUT2D eigenvalue weighted by molar-refractivity contribution is 8.12. The number of amides is 3. The second-order valence-electron chi connectivity index (χ2n) is 23.5. The lowest BCUT2D eigenvalue weighted by Crippen LogP contribution is -2.62. The number of anilines is 2. The number of nitrogens with two attached hydrogens (primary N) is 5. The number of benzene rings is 2. The Morgan fingerprint density at radius 2 is 1.05 bits per heavy atom. The summed E-state index contributed by atoms with van der Waals surface area (Å²) in [5.74, 6) is -2.03. The number of hydrogen-bond donors (Lipinski definition) is 10. The summed E-state index contributed by atoms with van der Waals surface area (Å²) in [6.45, 7) is 14.1. The van der Waals surface area contributed by atoms with Gasteiger partial charge in [0.1, 0.15) is 45.5 Å². The summed E-state index contributed by atoms with van der Waals surface area (Å²) in [4.78, 5) is 80.7. The molecule has 0 saturated carbocycles. The van der Waals surface area contributed by atoms with Gasteiger partial charge in [-0.1, -0.05) is 28.7 Å². The minimum atomic E-state index is -4.64. The SMILES string of the molecule is CC(C)(C)OC(=O)NC1CN(S(C)(=O)=O)C1.CC(C)(C)OC(=O)NC1CNC1.Cl.NC1CN(S(N)(=O)=O)C1.Nc1ncc(C(=O)NC2CN(S(N)(=O)=O)C2)c2ccc(-c3cccc(F)c3)nc12.Nc1ncc(C(=O)O)c2ccc(-c3cccc(F)c3)nc12.O=C=NS(=O)(=O)Cl.O=CC(F)(F)F. The predicted molar refractivity (Wildman–Crippen MR) is 362 cm³/mol. The van der Waals surface area contributed by atoms with Crippen molar-refractivity contribution in [3.63, 3.8) is 0 Å². The number of carboxylic acids is 1. The molecule has 8 heterocycles. The number of hydrogen-bond acceptors (Lipinski definition) is 24. The molecule has 0 spiro atoms. The Balaban J connectivity index is 0.000000327. The molecule has 15 N–H and O–H groups in total. The average molecular weight is 1550 g/mol. The van der Waals surface area contributed by atoms with Gasteiger partial charge in [-0.3, -0.25) is 9.59 Å². The number of isocyanates is 1. The van der Waals surface area contributed by atoms with Gasteiger partial charge in [0, 0.05) is 103 Å². The van der Waals surface area contributed by atoms with Crippen LogP contribution in [0.3, 0.4) is 0 Å². The number of carboxylic acid groups (broad SMARTS) is 1. The van der Waals surface area contributed by atoms with E-state index in [1.807, 2.05) is 20.8 Å². The highest BCUT2D eigenvalue weighted by atomic mass is 35.7. The summed E-state index contributed by atoms with van der Waals surface area (Å²) < 4.78 is 158. The van der Waals surface area contributed by atoms with Crippen LogP contribution < -0.4 is 48.7 Å². The Bertz CT molecular complexity index is 4470. The van der Waals surface area contributed by atoms with Crippen molar-refractivity contribution < 1.29 is 99.0 Å². The van der Waals surface area contributed by atoms with Crippen molar-refractivity contribution in [1.82, 2.24) is 54.1 Å². The van der Waals surface area contributed by atoms with Gasteiger partial charge >= 0.3 is 33.6 Å². The van der Waals surface area contributed by atoms with Crippen molar-refractivity contribution in [3.05, 3.63) is 108 Å². The van der Waals surface area contributed by atoms with E-state index in [0.29, 0.717) is 65.0 Å². The maximum absolute atomic E-state index is 13.5. The number of nitrogen functional groups attached to an aromatic ring is 2. The first-order valence-electron chi connectivity index (χ1n) is 28.6. The Kier molecular flexibility index (Phi) is 31.2. The molecule has 0 bridgehead atoms. The standard InChI is InChI=1S/C18H17FN6O3S.C15H10FN3O2.C9H18N2O4S.C8H16N2O2.C3H9N3O2S.C2HF3O.CClNO3S.ClH/c19-11-3-1-2-10(6-11)15-5-4-13-14(7-22-17(20)16(13)24-15)18(26)23-12-8-25(9-12)29(21,27)28;16-9-3-1-2-8(6-9)12-5-4-10-11(15(20)21)7-18-14(17)13(10)19-12;1-9(2,3)15-8(12)10-7-5-11(6-7)16(4,13)14;1-8(2,3)12-7(11)10-6-4-9-5-6;4-3-1-6(2-3)9(5,7)8;3-2(4,5)1-6;2-7(5,6)3-1-4;/h1-7,12H,8-9H2,(H2,20,22)(H,23,26)(H2,21,27,28);1-7H,(H2,17,18)(H,20,21);7H,5-6H2,1-4H3,(H,10,12);6,9H,4-5H2,1-3H3,(H,10,11);3H,1-2,4H2,(H2,5,7,8);1H;;1H. The van der Waals surface area contributed by atoms with Crippen LogP contribution in [-0.4, -0.2) is 208 Å². The van der Waals surface area contributed by atoms with E-state index in [1.165, 1.54) is 41.0 Å². The summed E-state index contributed by atoms with van der Waals surface area (Å²) in [5, 5.41) is 31.0. The van der Waals surface area contributed by atoms with Gasteiger partial charge in [0.15, 0.2) is 0 Å². The van der Waals surface area contributed by atoms with Crippen molar-refractivity contribution in [2.45, 2.75) is 83.1 Å². The molecular weight excluding hydrogens is 1480 g/mol. The zero-order chi connectivity index (χ0) is 75.7. The van der Waals surface area contributed by atoms with Crippen molar-refractivity contribution in [2.75, 3.05) is 70.1 Å². The second-order valence-corrected chi connectivity index (χ2v) is 30.7. The van der Waals surface area contributed by atoms with E-state index in [-0.39, 0.29) is 89.9 Å². The molecule has 4 aromatic heterocycles. The predicted octanol–water partition coefficient (Wildman–Crippen LogP) is 2.80. The number of halogens is 7. The number of aldehydes is 1. The van der Waals surface area contributed by atoms with E-state index in [9.17, 15) is 74.8 Å². The van der Waals surface area contributed by atoms with Crippen LogP contribution in [0.25, 0.3) is 44.3 Å². The van der Waals surface area contributed by atoms with Crippen LogP contribution in [0.15, 0.2) is 89.6 Å². The Morgan fingerprint density at radius 3 is 1.37 bits per heavy atom. The first kappa shape index (κ1) is 86.7. The van der Waals surface area contributed by atoms with Gasteiger partial charge in [0.05, 0.1) is 46.9 Å². The first-order valence-corrected chi connectivity index (χ1v) is 35.8. The van der Waals surface area contributed by atoms with Crippen LogP contribution in [0.1, 0.15) is 62.3 Å². The zero-order valence-electron chi connectivity index (χ0n) is 54.4. The molecule has 3 amide bonds. The number of ether oxygens (including phenoxy) is 2. The second kappa shape index (κ2) is 36.4. The number of nitrogens with zero attached hydrogens (tertiary/aromatic N) is 8. The summed E-state index contributed by atoms with van der Waals surface area (Å²) in [7, 11) is -9.96. The molecule has 2 aromatic carbocycles. The summed E-state index contributed by atoms with van der Waals surface area (Å²) >= 11 is 0. The van der Waals surface area contributed by atoms with E-state index < -0.39 is 87.1 Å². The molecule has 0 atom stereocenters. The van der Waals surface area contributed by atoms with Gasteiger partial charge in [0.25, 0.3) is 32.4 Å². The third kappa shape index (κ3) is 29.9. The largest absolute Gasteiger partial charge is 0.478 e. The maximum Gasteiger partial charge on any atom is 0.446 e. The number of alkyl halides is 3. The first-order chi connectivity index (χ1) is 45.9. The maximum atomic E-state index is 13.5. The monoisotopic (exact) mass is 1550 g/mol. The van der Waals surface area contributed by atoms with Crippen molar-refractivity contribution in [3.8, 4) is 22.5 Å². The van der Waals surface area contributed by atoms with E-state index in [0.717, 1.165) is 34.0 Å². The molecule has 0 aliphatic carbocycles. The number of carbonyl (C=O) groups excluding carboxylic acids is 5. The Hall–Kier alpha value is -8.56. The minimum absolute atomic E-state index is 0. The smallest absolute Gasteiger partial charge is 0.446 e. The van der Waals surface area contributed by atoms with Crippen LogP contribution in [0.5, 0.6) is 0 Å². The quantitative estimate of drug-likeness (QED) is 0.0293. The average Bonchev–Trinajstić information content (AvgIpc) is 0.789. The Labute approximate surface area is 586 Å². The fourth-order valence-corrected chi connectivity index (χ4v) is 10.8. The van der Waals surface area contributed by atoms with E-state index in [2.05, 4.69) is 56.3 Å². The molecule has 4 aliphatic heterocycles. The molecule has 4 fully saturated rings. The number of aromatic carboxylic acids is 1. The molecule has 0 radical (unpaired) electrons. The molecule has 6 aromatic rings. The highest BCUT2D eigenvalue weighted by Crippen LogP contribution is 2.29. The topological polar surface area (TPSA) is 530 Å². The number of carbonyl (C=O) groups is 5. The molecular formula is C56H72Cl2F5N17O17S4. The molecule has 0 unspecified atom stereocenters. The number of sulfonamides is 1. The number of nitrogens with one attached hydrogen (secondary N) is 4. The van der Waals surface area contributed by atoms with Crippen molar-refractivity contribution in [1.29, 1.82) is 0 Å². The van der Waals surface area contributed by atoms with Gasteiger partial charge in [-0.25, -0.2) is 66.6 Å². The van der Waals surface area contributed by atoms with Crippen LogP contribution in [0, 0.1) is 11.6 Å². The molecule has 4 saturated heterocycles. The van der Waals surface area contributed by atoms with Crippen LogP contribution in [0.4, 0.5) is 43.2 Å². The number of alkyl carbamates (subject to hydrolysis) is 2. The molecule has 10 rings (SSSR count). The van der Waals surface area contributed by atoms with E-state index in [1.54, 1.807) is 69.3 Å². The number of rotatable bonds is 11. The summed E-state index contributed by atoms with van der Waals surface area (Å²) in [6.07, 6.45) is -2.08. The van der Waals surface area contributed by atoms with Gasteiger partial charge in [0.2, 0.25) is 16.3 Å². The fraction of sp³-hybridized carbons (Fsp3) is 0.393. The minimum Gasteiger partial charge on any atom is -0.478 e. The molecule has 34 nitrogen and oxygen atoms in total. The normalized spacial score (nSPS) is 15.2. The Morgan fingerprint density at radius 1 is 0.663 bits per heavy atom. The number of fused-ring (bicyclic) bond motifs is 2. The van der Waals surface area contributed by atoms with Crippen molar-refractivity contribution in [2.24, 2.45) is 20.4 Å². The molecule has 45 heteroatoms. The fourth-order valence-electron chi connectivity index (χ4n) is 8.10. The lowest BCUT2D eigenvalue weighted by Gasteiger charge is -2.37. The van der Waals surface area contributed by atoms with Crippen LogP contribution >= 0.6 is 23.1 Å². The van der Waals surface area contributed by atoms with Gasteiger partial charge in [-0.15, -0.1) is 12.4 Å².